The molecule has 0 spiro atoms. The molecule has 0 N–H and O–H groups in total. The molecular weight excluding hydrogens is 581 g/mol. The molecule has 0 aromatic carbocycles. The van der Waals surface area contributed by atoms with Crippen LogP contribution < -0.4 is 0 Å². The van der Waals surface area contributed by atoms with Crippen molar-refractivity contribution >= 4 is 39.2 Å². The summed E-state index contributed by atoms with van der Waals surface area (Å²) in [5, 5.41) is 0. The maximum Gasteiger partial charge on any atom is 0.305 e. The van der Waals surface area contributed by atoms with Crippen LogP contribution in [-0.4, -0.2) is 70.8 Å². The molecule has 0 fully saturated rings. The lowest BCUT2D eigenvalue weighted by Crippen LogP contribution is -2.46. The highest BCUT2D eigenvalue weighted by molar-refractivity contribution is 6.71. The Labute approximate surface area is 259 Å². The van der Waals surface area contributed by atoms with Crippen LogP contribution in [0.15, 0.2) is 0 Å². The third kappa shape index (κ3) is 24.2. The highest BCUT2D eigenvalue weighted by atomic mass is 28.4. The molecule has 0 saturated heterocycles. The molecular formula is C31H70O6Si4. The molecule has 0 amide bonds. The van der Waals surface area contributed by atoms with E-state index < -0.39 is 33.3 Å². The normalized spacial score (nSPS) is 16.3. The van der Waals surface area contributed by atoms with Gasteiger partial charge in [-0.15, -0.1) is 0 Å². The molecule has 0 radical (unpaired) electrons. The van der Waals surface area contributed by atoms with Crippen LogP contribution in [0.2, 0.25) is 78.6 Å². The Morgan fingerprint density at radius 2 is 0.805 bits per heavy atom. The van der Waals surface area contributed by atoms with E-state index >= 15 is 0 Å². The smallest absolute Gasteiger partial charge is 0.305 e. The van der Waals surface area contributed by atoms with Crippen molar-refractivity contribution in [1.29, 1.82) is 0 Å². The number of hydrogen-bond donors (Lipinski definition) is 0. The van der Waals surface area contributed by atoms with Gasteiger partial charge in [0.25, 0.3) is 0 Å². The molecule has 0 aliphatic heterocycles. The predicted octanol–water partition coefficient (Wildman–Crippen LogP) is 9.74. The fourth-order valence-electron chi connectivity index (χ4n) is 5.11. The van der Waals surface area contributed by atoms with Crippen molar-refractivity contribution in [2.24, 2.45) is 0 Å². The Morgan fingerprint density at radius 1 is 0.488 bits per heavy atom. The van der Waals surface area contributed by atoms with E-state index in [0.717, 1.165) is 44.9 Å². The topological polar surface area (TPSA) is 63.2 Å². The minimum absolute atomic E-state index is 0.0467. The fourth-order valence-corrected chi connectivity index (χ4v) is 9.82. The lowest BCUT2D eigenvalue weighted by Gasteiger charge is -2.38. The standard InChI is InChI=1S/C31H70O6Si4/c1-15-16-17-18-22-27(34-38(3,4)5)29(36-40(9,10)11)24-21-25-30(37-41(12,13)14)28(35-39(6,7)8)23-19-20-26-31(32)33-2/h27-30H,15-26H2,1-14H3. The molecule has 0 rings (SSSR count). The van der Waals surface area contributed by atoms with Gasteiger partial charge in [-0.25, -0.2) is 0 Å². The summed E-state index contributed by atoms with van der Waals surface area (Å²) in [6, 6.07) is 0. The van der Waals surface area contributed by atoms with E-state index in [2.05, 4.69) is 85.5 Å². The minimum atomic E-state index is -1.81. The van der Waals surface area contributed by atoms with Crippen LogP contribution in [0.1, 0.15) is 84.0 Å². The van der Waals surface area contributed by atoms with Crippen LogP contribution >= 0.6 is 0 Å². The number of hydrogen-bond acceptors (Lipinski definition) is 6. The zero-order chi connectivity index (χ0) is 31.9. The molecule has 41 heavy (non-hydrogen) atoms. The van der Waals surface area contributed by atoms with Crippen molar-refractivity contribution in [2.45, 2.75) is 187 Å². The Bertz CT molecular complexity index is 695. The van der Waals surface area contributed by atoms with Gasteiger partial charge in [-0.2, -0.15) is 0 Å². The summed E-state index contributed by atoms with van der Waals surface area (Å²) in [7, 11) is -5.63. The summed E-state index contributed by atoms with van der Waals surface area (Å²) >= 11 is 0. The van der Waals surface area contributed by atoms with E-state index in [-0.39, 0.29) is 30.4 Å². The number of methoxy groups -OCH3 is 1. The van der Waals surface area contributed by atoms with Crippen molar-refractivity contribution < 1.29 is 27.2 Å². The molecule has 0 aromatic rings. The summed E-state index contributed by atoms with van der Waals surface area (Å²) in [6.45, 7) is 29.7. The molecule has 0 heterocycles. The lowest BCUT2D eigenvalue weighted by atomic mass is 9.97. The summed E-state index contributed by atoms with van der Waals surface area (Å²) in [4.78, 5) is 11.7. The number of unbranched alkanes of at least 4 members (excludes halogenated alkanes) is 4. The fraction of sp³-hybridized carbons (Fsp3) is 0.968. The van der Waals surface area contributed by atoms with Gasteiger partial charge < -0.3 is 22.4 Å². The second kappa shape index (κ2) is 19.5. The summed E-state index contributed by atoms with van der Waals surface area (Å²) < 4.78 is 32.2. The van der Waals surface area contributed by atoms with Gasteiger partial charge in [0, 0.05) is 6.42 Å². The van der Waals surface area contributed by atoms with Gasteiger partial charge in [0.05, 0.1) is 31.5 Å². The summed E-state index contributed by atoms with van der Waals surface area (Å²) in [6.07, 6.45) is 12.5. The molecule has 0 aliphatic rings. The number of carbonyl (C=O) groups is 1. The molecule has 6 nitrogen and oxygen atoms in total. The molecule has 246 valence electrons. The van der Waals surface area contributed by atoms with E-state index in [1.807, 2.05) is 0 Å². The zero-order valence-electron chi connectivity index (χ0n) is 29.7. The number of esters is 1. The summed E-state index contributed by atoms with van der Waals surface area (Å²) in [5.74, 6) is -0.138. The van der Waals surface area contributed by atoms with Gasteiger partial charge >= 0.3 is 5.97 Å². The molecule has 4 atom stereocenters. The highest BCUT2D eigenvalue weighted by Gasteiger charge is 2.34. The second-order valence-electron chi connectivity index (χ2n) is 15.7. The van der Waals surface area contributed by atoms with Crippen molar-refractivity contribution in [3.05, 3.63) is 0 Å². The van der Waals surface area contributed by atoms with Crippen molar-refractivity contribution in [3.8, 4) is 0 Å². The van der Waals surface area contributed by atoms with Gasteiger partial charge in [-0.3, -0.25) is 4.79 Å². The molecule has 0 saturated carbocycles. The zero-order valence-corrected chi connectivity index (χ0v) is 33.7. The quantitative estimate of drug-likeness (QED) is 0.0589. The Kier molecular flexibility index (Phi) is 19.6. The maximum absolute atomic E-state index is 11.7. The van der Waals surface area contributed by atoms with Crippen molar-refractivity contribution in [1.82, 2.24) is 0 Å². The van der Waals surface area contributed by atoms with Crippen LogP contribution in [0.25, 0.3) is 0 Å². The van der Waals surface area contributed by atoms with E-state index in [9.17, 15) is 4.79 Å². The van der Waals surface area contributed by atoms with Crippen LogP contribution in [0.4, 0.5) is 0 Å². The Hall–Kier alpha value is 0.178. The third-order valence-corrected chi connectivity index (χ3v) is 10.6. The van der Waals surface area contributed by atoms with Crippen LogP contribution in [0.5, 0.6) is 0 Å². The third-order valence-electron chi connectivity index (χ3n) is 6.52. The number of ether oxygens (including phenoxy) is 1. The average molecular weight is 651 g/mol. The first-order chi connectivity index (χ1) is 18.7. The lowest BCUT2D eigenvalue weighted by molar-refractivity contribution is -0.140. The molecule has 0 bridgehead atoms. The molecule has 0 aromatic heterocycles. The maximum atomic E-state index is 11.7. The molecule has 10 heteroatoms. The van der Waals surface area contributed by atoms with Gasteiger partial charge in [0.15, 0.2) is 33.3 Å². The van der Waals surface area contributed by atoms with Crippen LogP contribution in [-0.2, 0) is 27.2 Å². The van der Waals surface area contributed by atoms with Crippen molar-refractivity contribution in [2.75, 3.05) is 7.11 Å². The van der Waals surface area contributed by atoms with Crippen LogP contribution in [0.3, 0.4) is 0 Å². The average Bonchev–Trinajstić information content (AvgIpc) is 2.78. The second-order valence-corrected chi connectivity index (χ2v) is 33.5. The predicted molar refractivity (Wildman–Crippen MR) is 186 cm³/mol. The van der Waals surface area contributed by atoms with E-state index in [1.54, 1.807) is 0 Å². The van der Waals surface area contributed by atoms with Gasteiger partial charge in [0.1, 0.15) is 0 Å². The number of carbonyl (C=O) groups excluding carboxylic acids is 1. The molecule has 0 aliphatic carbocycles. The molecule has 4 unspecified atom stereocenters. The first-order valence-electron chi connectivity index (χ1n) is 16.4. The monoisotopic (exact) mass is 650 g/mol. The SMILES string of the molecule is CCCCCCC(O[Si](C)(C)C)C(CCCC(O[Si](C)(C)C)C(CCCCC(=O)OC)O[Si](C)(C)C)O[Si](C)(C)C. The minimum Gasteiger partial charge on any atom is -0.469 e. The Balaban J connectivity index is 5.80. The van der Waals surface area contributed by atoms with Crippen LogP contribution in [0, 0.1) is 0 Å². The summed E-state index contributed by atoms with van der Waals surface area (Å²) in [5.41, 5.74) is 0. The van der Waals surface area contributed by atoms with Crippen molar-refractivity contribution in [3.63, 3.8) is 0 Å². The van der Waals surface area contributed by atoms with E-state index in [4.69, 9.17) is 22.4 Å². The largest absolute Gasteiger partial charge is 0.469 e. The van der Waals surface area contributed by atoms with E-state index in [0.29, 0.717) is 6.42 Å². The Morgan fingerprint density at radius 3 is 1.10 bits per heavy atom. The first kappa shape index (κ1) is 41.2. The first-order valence-corrected chi connectivity index (χ1v) is 30.1. The highest BCUT2D eigenvalue weighted by Crippen LogP contribution is 2.28. The van der Waals surface area contributed by atoms with E-state index in [1.165, 1.54) is 32.8 Å². The van der Waals surface area contributed by atoms with Gasteiger partial charge in [-0.05, 0) is 117 Å². The number of rotatable bonds is 24. The van der Waals surface area contributed by atoms with Gasteiger partial charge in [-0.1, -0.05) is 39.0 Å². The van der Waals surface area contributed by atoms with Gasteiger partial charge in [0.2, 0.25) is 0 Å².